The number of carbonyl (C=O) groups excluding carboxylic acids is 2. The lowest BCUT2D eigenvalue weighted by Gasteiger charge is -2.38. The summed E-state index contributed by atoms with van der Waals surface area (Å²) in [5, 5.41) is 11.2. The van der Waals surface area contributed by atoms with E-state index < -0.39 is 11.4 Å². The number of carboxylic acids is 1. The highest BCUT2D eigenvalue weighted by atomic mass is 16.4. The Hall–Kier alpha value is -3.44. The second kappa shape index (κ2) is 10.9. The topological polar surface area (TPSA) is 96.9 Å². The molecular formula is C28H34N2O3. The van der Waals surface area contributed by atoms with Gasteiger partial charge in [-0.1, -0.05) is 86.6 Å². The van der Waals surface area contributed by atoms with Gasteiger partial charge in [-0.25, -0.2) is 0 Å². The van der Waals surface area contributed by atoms with Crippen molar-refractivity contribution in [3.8, 4) is 0 Å². The van der Waals surface area contributed by atoms with Crippen molar-refractivity contribution in [1.29, 1.82) is 0 Å². The van der Waals surface area contributed by atoms with Gasteiger partial charge in [-0.2, -0.15) is 0 Å². The average molecular weight is 447 g/mol. The quantitative estimate of drug-likeness (QED) is 0.506. The maximum Gasteiger partial charge on any atom is 0.237 e. The Kier molecular flexibility index (Phi) is 8.55. The van der Waals surface area contributed by atoms with Crippen molar-refractivity contribution in [3.63, 3.8) is 0 Å². The molecule has 0 saturated heterocycles. The van der Waals surface area contributed by atoms with Crippen molar-refractivity contribution in [3.05, 3.63) is 101 Å². The van der Waals surface area contributed by atoms with Crippen LogP contribution in [0.3, 0.4) is 0 Å². The zero-order valence-corrected chi connectivity index (χ0v) is 20.2. The summed E-state index contributed by atoms with van der Waals surface area (Å²) in [6.45, 7) is 8.55. The van der Waals surface area contributed by atoms with Crippen LogP contribution in [0, 0.1) is 13.8 Å². The van der Waals surface area contributed by atoms with Crippen LogP contribution in [0.5, 0.6) is 0 Å². The smallest absolute Gasteiger partial charge is 0.237 e. The number of aromatic carboxylic acids is 1. The molecule has 0 spiro atoms. The highest BCUT2D eigenvalue weighted by Crippen LogP contribution is 2.38. The molecule has 5 heteroatoms. The molecule has 0 unspecified atom stereocenters. The lowest BCUT2D eigenvalue weighted by Crippen LogP contribution is -2.47. The van der Waals surface area contributed by atoms with Gasteiger partial charge in [-0.15, -0.1) is 0 Å². The molecule has 3 rings (SSSR count). The summed E-state index contributed by atoms with van der Waals surface area (Å²) in [6.07, 6.45) is 1.20. The summed E-state index contributed by atoms with van der Waals surface area (Å²) in [5.74, 6) is -1.20. The number of anilines is 1. The molecule has 0 atom stereocenters. The van der Waals surface area contributed by atoms with Crippen LogP contribution < -0.4 is 16.2 Å². The van der Waals surface area contributed by atoms with Crippen LogP contribution in [0.4, 0.5) is 5.69 Å². The minimum Gasteiger partial charge on any atom is -0.545 e. The van der Waals surface area contributed by atoms with Crippen molar-refractivity contribution in [1.82, 2.24) is 6.15 Å². The van der Waals surface area contributed by atoms with Crippen LogP contribution in [-0.4, -0.2) is 11.9 Å². The first-order chi connectivity index (χ1) is 15.3. The number of carbonyl (C=O) groups is 2. The largest absolute Gasteiger partial charge is 0.545 e. The van der Waals surface area contributed by atoms with Crippen molar-refractivity contribution < 1.29 is 14.7 Å². The van der Waals surface area contributed by atoms with E-state index in [-0.39, 0.29) is 17.6 Å². The van der Waals surface area contributed by atoms with E-state index >= 15 is 0 Å². The molecule has 3 aromatic rings. The molecule has 1 amide bonds. The van der Waals surface area contributed by atoms with Gasteiger partial charge in [-0.05, 0) is 54.5 Å². The molecule has 4 N–H and O–H groups in total. The minimum absolute atomic E-state index is 0. The van der Waals surface area contributed by atoms with Gasteiger partial charge in [0.05, 0.1) is 17.9 Å². The maximum atomic E-state index is 14.4. The van der Waals surface area contributed by atoms with Crippen molar-refractivity contribution in [2.24, 2.45) is 0 Å². The Balaban J connectivity index is 0.00000385. The number of amides is 1. The third kappa shape index (κ3) is 5.15. The third-order valence-electron chi connectivity index (χ3n) is 6.43. The summed E-state index contributed by atoms with van der Waals surface area (Å²) in [4.78, 5) is 27.5. The maximum absolute atomic E-state index is 14.4. The number of rotatable bonds is 8. The van der Waals surface area contributed by atoms with Gasteiger partial charge in [-0.3, -0.25) is 4.79 Å². The summed E-state index contributed by atoms with van der Waals surface area (Å²) < 4.78 is 0. The summed E-state index contributed by atoms with van der Waals surface area (Å²) in [7, 11) is 0. The van der Waals surface area contributed by atoms with E-state index in [9.17, 15) is 14.7 Å². The van der Waals surface area contributed by atoms with Crippen LogP contribution in [0.1, 0.15) is 59.3 Å². The number of quaternary nitrogens is 1. The molecule has 0 aliphatic heterocycles. The normalized spacial score (nSPS) is 10.9. The van der Waals surface area contributed by atoms with Crippen LogP contribution in [-0.2, 0) is 16.8 Å². The molecule has 174 valence electrons. The molecule has 0 aromatic heterocycles. The first kappa shape index (κ1) is 25.8. The van der Waals surface area contributed by atoms with E-state index in [2.05, 4.69) is 0 Å². The van der Waals surface area contributed by atoms with Crippen molar-refractivity contribution >= 4 is 17.6 Å². The van der Waals surface area contributed by atoms with E-state index in [1.807, 2.05) is 81.1 Å². The average Bonchev–Trinajstić information content (AvgIpc) is 2.80. The highest BCUT2D eigenvalue weighted by molar-refractivity contribution is 6.02. The third-order valence-corrected chi connectivity index (χ3v) is 6.43. The number of hydrogen-bond acceptors (Lipinski definition) is 3. The van der Waals surface area contributed by atoms with Crippen LogP contribution in [0.2, 0.25) is 0 Å². The molecule has 0 saturated carbocycles. The molecule has 33 heavy (non-hydrogen) atoms. The number of benzene rings is 3. The number of carboxylic acid groups (broad SMARTS) is 1. The molecule has 0 heterocycles. The van der Waals surface area contributed by atoms with E-state index in [1.165, 1.54) is 12.1 Å². The first-order valence-corrected chi connectivity index (χ1v) is 11.1. The van der Waals surface area contributed by atoms with Crippen molar-refractivity contribution in [2.75, 3.05) is 4.90 Å². The molecule has 0 bridgehead atoms. The standard InChI is InChI=1S/C28H31NO3.H3N/c1-5-28(6-2,24-17-15-23(16-18-24)26(30)31)27(32)29(19-22-13-8-7-9-14-22)25-20(3)11-10-12-21(25)4;/h7-18H,5-6,19H2,1-4H3,(H,30,31);1H3. The van der Waals surface area contributed by atoms with Crippen LogP contribution >= 0.6 is 0 Å². The lowest BCUT2D eigenvalue weighted by molar-refractivity contribution is -0.255. The van der Waals surface area contributed by atoms with Gasteiger partial charge in [0.2, 0.25) is 5.91 Å². The Bertz CT molecular complexity index is 1070. The summed E-state index contributed by atoms with van der Waals surface area (Å²) >= 11 is 0. The zero-order valence-electron chi connectivity index (χ0n) is 20.2. The highest BCUT2D eigenvalue weighted by Gasteiger charge is 2.41. The number of nitrogens with zero attached hydrogens (tertiary/aromatic N) is 1. The summed E-state index contributed by atoms with van der Waals surface area (Å²) in [6, 6.07) is 22.6. The fourth-order valence-corrected chi connectivity index (χ4v) is 4.52. The number of para-hydroxylation sites is 1. The van der Waals surface area contributed by atoms with E-state index in [4.69, 9.17) is 0 Å². The minimum atomic E-state index is -1.22. The fourth-order valence-electron chi connectivity index (χ4n) is 4.52. The van der Waals surface area contributed by atoms with Crippen molar-refractivity contribution in [2.45, 2.75) is 52.5 Å². The predicted octanol–water partition coefficient (Wildman–Crippen LogP) is 5.33. The lowest BCUT2D eigenvalue weighted by atomic mass is 9.74. The predicted molar refractivity (Wildman–Crippen MR) is 133 cm³/mol. The zero-order chi connectivity index (χ0) is 23.3. The molecular weight excluding hydrogens is 412 g/mol. The Morgan fingerprint density at radius 1 is 0.818 bits per heavy atom. The Morgan fingerprint density at radius 2 is 1.36 bits per heavy atom. The molecule has 3 aromatic carbocycles. The SMILES string of the molecule is CCC(CC)(C(=O)N(Cc1ccccc1)c1c(C)cccc1C)c1ccc(C(=O)[O-])cc1.[NH4+]. The van der Waals surface area contributed by atoms with Gasteiger partial charge in [0.25, 0.3) is 0 Å². The summed E-state index contributed by atoms with van der Waals surface area (Å²) in [5.41, 5.74) is 4.23. The van der Waals surface area contributed by atoms with Crippen LogP contribution in [0.25, 0.3) is 0 Å². The molecule has 0 radical (unpaired) electrons. The van der Waals surface area contributed by atoms with Gasteiger partial charge >= 0.3 is 0 Å². The van der Waals surface area contributed by atoms with E-state index in [0.717, 1.165) is 27.9 Å². The molecule has 5 nitrogen and oxygen atoms in total. The first-order valence-electron chi connectivity index (χ1n) is 11.1. The Morgan fingerprint density at radius 3 is 1.85 bits per heavy atom. The molecule has 0 fully saturated rings. The number of hydrogen-bond donors (Lipinski definition) is 1. The van der Waals surface area contributed by atoms with Gasteiger partial charge < -0.3 is 21.0 Å². The fraction of sp³-hybridized carbons (Fsp3) is 0.286. The van der Waals surface area contributed by atoms with E-state index in [1.54, 1.807) is 12.1 Å². The van der Waals surface area contributed by atoms with Gasteiger partial charge in [0, 0.05) is 5.69 Å². The van der Waals surface area contributed by atoms with Gasteiger partial charge in [0.15, 0.2) is 0 Å². The number of aryl methyl sites for hydroxylation is 2. The Labute approximate surface area is 196 Å². The second-order valence-electron chi connectivity index (χ2n) is 8.27. The monoisotopic (exact) mass is 446 g/mol. The van der Waals surface area contributed by atoms with E-state index in [0.29, 0.717) is 19.4 Å². The van der Waals surface area contributed by atoms with Gasteiger partial charge in [0.1, 0.15) is 0 Å². The second-order valence-corrected chi connectivity index (χ2v) is 8.27. The van der Waals surface area contributed by atoms with Crippen LogP contribution in [0.15, 0.2) is 72.8 Å². The molecule has 0 aliphatic carbocycles. The molecule has 0 aliphatic rings.